The number of halogens is 1. The number of amides is 1. The number of hydrogen-bond donors (Lipinski definition) is 1. The molecule has 1 N–H and O–H groups in total. The summed E-state index contributed by atoms with van der Waals surface area (Å²) >= 11 is 5.92. The van der Waals surface area contributed by atoms with Crippen LogP contribution in [0.1, 0.15) is 58.9 Å². The largest absolute Gasteiger partial charge is 0.489 e. The monoisotopic (exact) mass is 435 g/mol. The molecule has 0 fully saturated rings. The number of ether oxygens (including phenoxy) is 1. The van der Waals surface area contributed by atoms with Gasteiger partial charge >= 0.3 is 0 Å². The van der Waals surface area contributed by atoms with Crippen LogP contribution in [-0.4, -0.2) is 5.91 Å². The van der Waals surface area contributed by atoms with E-state index >= 15 is 0 Å². The van der Waals surface area contributed by atoms with Crippen molar-refractivity contribution in [2.45, 2.75) is 46.8 Å². The summed E-state index contributed by atoms with van der Waals surface area (Å²) < 4.78 is 5.82. The molecule has 0 radical (unpaired) electrons. The average molecular weight is 436 g/mol. The molecule has 0 heterocycles. The lowest BCUT2D eigenvalue weighted by atomic mass is 9.94. The molecule has 3 nitrogen and oxygen atoms in total. The van der Waals surface area contributed by atoms with E-state index in [1.54, 1.807) is 12.1 Å². The van der Waals surface area contributed by atoms with Crippen molar-refractivity contribution in [1.82, 2.24) is 5.32 Å². The maximum absolute atomic E-state index is 13.1. The Morgan fingerprint density at radius 2 is 1.65 bits per heavy atom. The Bertz CT molecular complexity index is 1010. The van der Waals surface area contributed by atoms with Crippen LogP contribution in [0.5, 0.6) is 5.75 Å². The Hall–Kier alpha value is -2.78. The summed E-state index contributed by atoms with van der Waals surface area (Å²) in [7, 11) is 0. The molecule has 1 atom stereocenters. The van der Waals surface area contributed by atoms with Crippen molar-refractivity contribution < 1.29 is 9.53 Å². The van der Waals surface area contributed by atoms with Gasteiger partial charge in [-0.3, -0.25) is 4.79 Å². The Kier molecular flexibility index (Phi) is 7.75. The topological polar surface area (TPSA) is 38.3 Å². The minimum absolute atomic E-state index is 0.0277. The molecular formula is C27H30ClNO2. The van der Waals surface area contributed by atoms with Crippen LogP contribution in [0, 0.1) is 19.8 Å². The molecule has 162 valence electrons. The highest BCUT2D eigenvalue weighted by atomic mass is 35.5. The molecule has 0 aliphatic carbocycles. The second kappa shape index (κ2) is 10.5. The predicted octanol–water partition coefficient (Wildman–Crippen LogP) is 7.05. The summed E-state index contributed by atoms with van der Waals surface area (Å²) in [5, 5.41) is 3.92. The van der Waals surface area contributed by atoms with Gasteiger partial charge in [0.25, 0.3) is 5.91 Å². The van der Waals surface area contributed by atoms with Crippen LogP contribution in [0.2, 0.25) is 5.02 Å². The summed E-state index contributed by atoms with van der Waals surface area (Å²) in [5.74, 6) is 1.13. The second-order valence-corrected chi connectivity index (χ2v) is 8.96. The van der Waals surface area contributed by atoms with Crippen LogP contribution in [-0.2, 0) is 6.61 Å². The maximum Gasteiger partial charge on any atom is 0.251 e. The lowest BCUT2D eigenvalue weighted by Gasteiger charge is -2.22. The maximum atomic E-state index is 13.1. The Morgan fingerprint density at radius 3 is 2.29 bits per heavy atom. The molecule has 3 aromatic carbocycles. The molecule has 4 heteroatoms. The van der Waals surface area contributed by atoms with Gasteiger partial charge < -0.3 is 10.1 Å². The molecule has 1 unspecified atom stereocenters. The number of nitrogens with one attached hydrogen (secondary N) is 1. The van der Waals surface area contributed by atoms with Gasteiger partial charge in [0, 0.05) is 10.6 Å². The molecule has 0 aliphatic rings. The number of benzene rings is 3. The lowest BCUT2D eigenvalue weighted by molar-refractivity contribution is 0.0931. The highest BCUT2D eigenvalue weighted by Gasteiger charge is 2.18. The molecule has 0 aromatic heterocycles. The molecule has 1 amide bonds. The molecule has 0 aliphatic heterocycles. The van der Waals surface area contributed by atoms with E-state index in [1.165, 1.54) is 11.1 Å². The fourth-order valence-electron chi connectivity index (χ4n) is 3.70. The van der Waals surface area contributed by atoms with Gasteiger partial charge in [-0.25, -0.2) is 0 Å². The minimum Gasteiger partial charge on any atom is -0.489 e. The molecule has 3 aromatic rings. The van der Waals surface area contributed by atoms with Gasteiger partial charge in [-0.2, -0.15) is 0 Å². The molecule has 0 saturated carbocycles. The molecular weight excluding hydrogens is 406 g/mol. The van der Waals surface area contributed by atoms with Crippen LogP contribution < -0.4 is 10.1 Å². The summed E-state index contributed by atoms with van der Waals surface area (Å²) in [4.78, 5) is 13.1. The third-order valence-electron chi connectivity index (χ3n) is 5.07. The van der Waals surface area contributed by atoms with Crippen LogP contribution in [0.4, 0.5) is 0 Å². The van der Waals surface area contributed by atoms with E-state index in [-0.39, 0.29) is 11.9 Å². The first-order chi connectivity index (χ1) is 14.8. The van der Waals surface area contributed by atoms with Crippen molar-refractivity contribution >= 4 is 17.5 Å². The number of carbonyl (C=O) groups excluding carboxylic acids is 1. The third kappa shape index (κ3) is 6.86. The van der Waals surface area contributed by atoms with Crippen molar-refractivity contribution in [3.05, 3.63) is 99.6 Å². The van der Waals surface area contributed by atoms with E-state index in [2.05, 4.69) is 51.2 Å². The zero-order chi connectivity index (χ0) is 22.4. The van der Waals surface area contributed by atoms with Gasteiger partial charge in [-0.05, 0) is 73.7 Å². The summed E-state index contributed by atoms with van der Waals surface area (Å²) in [6.07, 6.45) is 0.883. The first-order valence-electron chi connectivity index (χ1n) is 10.7. The first kappa shape index (κ1) is 22.9. The fourth-order valence-corrected chi connectivity index (χ4v) is 3.83. The molecule has 3 rings (SSSR count). The molecule has 0 bridgehead atoms. The van der Waals surface area contributed by atoms with Gasteiger partial charge in [0.1, 0.15) is 12.4 Å². The number of hydrogen-bond acceptors (Lipinski definition) is 2. The normalized spacial score (nSPS) is 11.9. The molecule has 0 saturated heterocycles. The van der Waals surface area contributed by atoms with Gasteiger partial charge in [0.2, 0.25) is 0 Å². The van der Waals surface area contributed by atoms with E-state index < -0.39 is 0 Å². The smallest absolute Gasteiger partial charge is 0.251 e. The van der Waals surface area contributed by atoms with Crippen molar-refractivity contribution in [3.8, 4) is 5.75 Å². The van der Waals surface area contributed by atoms with Crippen LogP contribution in [0.3, 0.4) is 0 Å². The summed E-state index contributed by atoms with van der Waals surface area (Å²) in [5.41, 5.74) is 5.14. The van der Waals surface area contributed by atoms with E-state index in [0.29, 0.717) is 23.1 Å². The van der Waals surface area contributed by atoms with Crippen LogP contribution >= 0.6 is 11.6 Å². The molecule has 31 heavy (non-hydrogen) atoms. The quantitative estimate of drug-likeness (QED) is 0.411. The van der Waals surface area contributed by atoms with E-state index in [9.17, 15) is 4.79 Å². The number of aryl methyl sites for hydroxylation is 2. The van der Waals surface area contributed by atoms with E-state index in [0.717, 1.165) is 23.3 Å². The van der Waals surface area contributed by atoms with Crippen molar-refractivity contribution in [3.63, 3.8) is 0 Å². The van der Waals surface area contributed by atoms with Crippen molar-refractivity contribution in [2.24, 2.45) is 5.92 Å². The SMILES string of the molecule is Cc1cc(C)cc(C(CC(C)C)NC(=O)c2cccc(COc3ccc(Cl)cc3)c2)c1. The lowest BCUT2D eigenvalue weighted by Crippen LogP contribution is -2.29. The van der Waals surface area contributed by atoms with Crippen molar-refractivity contribution in [1.29, 1.82) is 0 Å². The zero-order valence-corrected chi connectivity index (χ0v) is 19.4. The predicted molar refractivity (Wildman–Crippen MR) is 128 cm³/mol. The summed E-state index contributed by atoms with van der Waals surface area (Å²) in [6.45, 7) is 8.92. The van der Waals surface area contributed by atoms with Crippen LogP contribution in [0.15, 0.2) is 66.7 Å². The number of carbonyl (C=O) groups is 1. The highest BCUT2D eigenvalue weighted by Crippen LogP contribution is 2.24. The third-order valence-corrected chi connectivity index (χ3v) is 5.32. The van der Waals surface area contributed by atoms with Crippen LogP contribution in [0.25, 0.3) is 0 Å². The average Bonchev–Trinajstić information content (AvgIpc) is 2.72. The Labute approximate surface area is 190 Å². The first-order valence-corrected chi connectivity index (χ1v) is 11.0. The minimum atomic E-state index is -0.0712. The fraction of sp³-hybridized carbons (Fsp3) is 0.296. The van der Waals surface area contributed by atoms with Gasteiger partial charge in [0.05, 0.1) is 6.04 Å². The zero-order valence-electron chi connectivity index (χ0n) is 18.6. The Morgan fingerprint density at radius 1 is 0.968 bits per heavy atom. The highest BCUT2D eigenvalue weighted by molar-refractivity contribution is 6.30. The standard InChI is InChI=1S/C27H30ClNO2/c1-18(2)12-26(23-14-19(3)13-20(4)15-23)29-27(30)22-7-5-6-21(16-22)17-31-25-10-8-24(28)9-11-25/h5-11,13-16,18,26H,12,17H2,1-4H3,(H,29,30). The van der Waals surface area contributed by atoms with Gasteiger partial charge in [-0.15, -0.1) is 0 Å². The summed E-state index contributed by atoms with van der Waals surface area (Å²) in [6, 6.07) is 21.3. The van der Waals surface area contributed by atoms with E-state index in [4.69, 9.17) is 16.3 Å². The number of rotatable bonds is 8. The van der Waals surface area contributed by atoms with Gasteiger partial charge in [-0.1, -0.05) is 66.9 Å². The Balaban J connectivity index is 1.72. The second-order valence-electron chi connectivity index (χ2n) is 8.52. The van der Waals surface area contributed by atoms with Gasteiger partial charge in [0.15, 0.2) is 0 Å². The molecule has 0 spiro atoms. The van der Waals surface area contributed by atoms with Crippen molar-refractivity contribution in [2.75, 3.05) is 0 Å². The van der Waals surface area contributed by atoms with E-state index in [1.807, 2.05) is 36.4 Å².